The Morgan fingerprint density at radius 3 is 2.25 bits per heavy atom. The number of hydrogen-bond acceptors (Lipinski definition) is 15. The Kier molecular flexibility index (Phi) is 23.1. The number of rotatable bonds is 29. The standard InChI is InChI=1S/C45H74N6O14/c1-4-5-6-7-10-13-17-23-34(54)63-39-36(60-3)37(64-43(39)51-26-24-32(52)50-45(51)59)38(40(47)56)65-44-35(55)30(61-33(53)22-16-14-11-8-9-12-15-18-25-46)27-31(62-44)42(58)49-29-21-19-20-28(2)48-41(29)57/h24,26-30,33,35-39,43-44,53,55H,4-23,25,46H2,1-3H3,(H2,47,56)(H,48,57)(H,49,58)(H,50,52,59)/t28-,29+,30+,33?,35+,36-,37+,38-,39-,43-,44-/m1/s1. The molecule has 4 heterocycles. The number of unbranched alkanes of at least 4 members (excludes halogenated alkanes) is 13. The van der Waals surface area contributed by atoms with E-state index < -0.39 is 102 Å². The van der Waals surface area contributed by atoms with Gasteiger partial charge in [-0.25, -0.2) is 4.79 Å². The predicted octanol–water partition coefficient (Wildman–Crippen LogP) is 2.32. The summed E-state index contributed by atoms with van der Waals surface area (Å²) in [5.41, 5.74) is 9.88. The van der Waals surface area contributed by atoms with Gasteiger partial charge in [0.2, 0.25) is 18.1 Å². The quantitative estimate of drug-likeness (QED) is 0.0345. The molecule has 1 aromatic heterocycles. The minimum Gasteiger partial charge on any atom is -0.456 e. The highest BCUT2D eigenvalue weighted by atomic mass is 16.7. The molecule has 0 aliphatic carbocycles. The molecule has 3 aliphatic rings. The number of primary amides is 1. The molecule has 368 valence electrons. The topological polar surface area (TPSA) is 295 Å². The minimum absolute atomic E-state index is 0.0397. The third-order valence-corrected chi connectivity index (χ3v) is 12.0. The molecule has 2 fully saturated rings. The Morgan fingerprint density at radius 1 is 0.938 bits per heavy atom. The van der Waals surface area contributed by atoms with Crippen LogP contribution in [0.2, 0.25) is 0 Å². The zero-order valence-corrected chi connectivity index (χ0v) is 38.3. The number of ether oxygens (including phenoxy) is 6. The summed E-state index contributed by atoms with van der Waals surface area (Å²) in [6.45, 7) is 4.67. The molecule has 20 nitrogen and oxygen atoms in total. The van der Waals surface area contributed by atoms with E-state index in [4.69, 9.17) is 39.9 Å². The summed E-state index contributed by atoms with van der Waals surface area (Å²) in [4.78, 5) is 80.6. The van der Waals surface area contributed by atoms with Gasteiger partial charge in [-0.1, -0.05) is 84.0 Å². The SMILES string of the molecule is CCCCCCCCCC(=O)O[C@@H]1[C@H](OC)[C@@H]([C@@H](O[C@H]2OC(C(=O)N[C@H]3CCC[C@@H](C)NC3=O)=C[C@H](OC(O)CCCCCCCCCCN)[C@@H]2O)C(N)=O)O[C@H]1n1ccc(=O)[nH]c1=O. The number of aliphatic hydroxyl groups is 2. The maximum Gasteiger partial charge on any atom is 0.330 e. The Morgan fingerprint density at radius 2 is 1.60 bits per heavy atom. The van der Waals surface area contributed by atoms with Gasteiger partial charge in [0.05, 0.1) is 0 Å². The summed E-state index contributed by atoms with van der Waals surface area (Å²) in [7, 11) is 1.25. The third-order valence-electron chi connectivity index (χ3n) is 12.0. The van der Waals surface area contributed by atoms with E-state index in [2.05, 4.69) is 22.5 Å². The summed E-state index contributed by atoms with van der Waals surface area (Å²) in [6.07, 6.45) is 4.56. The molecule has 11 atom stereocenters. The first-order valence-corrected chi connectivity index (χ1v) is 23.6. The summed E-state index contributed by atoms with van der Waals surface area (Å²) in [5.74, 6) is -3.47. The first-order valence-electron chi connectivity index (χ1n) is 23.6. The van der Waals surface area contributed by atoms with Crippen LogP contribution >= 0.6 is 0 Å². The van der Waals surface area contributed by atoms with Crippen LogP contribution in [0, 0.1) is 0 Å². The van der Waals surface area contributed by atoms with Crippen molar-refractivity contribution in [3.8, 4) is 0 Å². The summed E-state index contributed by atoms with van der Waals surface area (Å²) < 4.78 is 36.7. The number of esters is 1. The molecule has 4 rings (SSSR count). The average Bonchev–Trinajstić information content (AvgIpc) is 3.52. The van der Waals surface area contributed by atoms with Gasteiger partial charge in [0.1, 0.15) is 30.5 Å². The van der Waals surface area contributed by atoms with Gasteiger partial charge in [-0.05, 0) is 64.5 Å². The number of hydrogen-bond donors (Lipinski definition) is 7. The molecule has 3 aliphatic heterocycles. The number of amides is 3. The fourth-order valence-electron chi connectivity index (χ4n) is 8.35. The summed E-state index contributed by atoms with van der Waals surface area (Å²) >= 11 is 0. The zero-order chi connectivity index (χ0) is 47.3. The fourth-order valence-corrected chi connectivity index (χ4v) is 8.35. The van der Waals surface area contributed by atoms with Crippen molar-refractivity contribution in [1.29, 1.82) is 0 Å². The minimum atomic E-state index is -1.88. The first-order chi connectivity index (χ1) is 31.3. The molecule has 0 radical (unpaired) electrons. The number of nitrogens with zero attached hydrogens (tertiary/aromatic N) is 1. The Bertz CT molecular complexity index is 1790. The molecule has 3 amide bonds. The van der Waals surface area contributed by atoms with Gasteiger partial charge < -0.3 is 60.7 Å². The van der Waals surface area contributed by atoms with Gasteiger partial charge in [-0.3, -0.25) is 33.5 Å². The number of nitrogens with two attached hydrogens (primary N) is 2. The monoisotopic (exact) mass is 923 g/mol. The highest BCUT2D eigenvalue weighted by molar-refractivity contribution is 5.95. The highest BCUT2D eigenvalue weighted by Gasteiger charge is 2.55. The van der Waals surface area contributed by atoms with Crippen molar-refractivity contribution in [2.75, 3.05) is 13.7 Å². The maximum absolute atomic E-state index is 13.8. The number of aliphatic hydroxyl groups excluding tert-OH is 2. The van der Waals surface area contributed by atoms with Gasteiger partial charge in [0.25, 0.3) is 11.5 Å². The second-order valence-electron chi connectivity index (χ2n) is 17.3. The molecule has 65 heavy (non-hydrogen) atoms. The van der Waals surface area contributed by atoms with E-state index in [0.717, 1.165) is 106 Å². The largest absolute Gasteiger partial charge is 0.456 e. The normalized spacial score (nSPS) is 26.6. The summed E-state index contributed by atoms with van der Waals surface area (Å²) in [6, 6.07) is 0.0446. The van der Waals surface area contributed by atoms with E-state index >= 15 is 0 Å². The number of carbonyl (C=O) groups excluding carboxylic acids is 4. The van der Waals surface area contributed by atoms with E-state index in [-0.39, 0.29) is 18.9 Å². The number of aromatic amines is 1. The van der Waals surface area contributed by atoms with Crippen LogP contribution in [0.5, 0.6) is 0 Å². The smallest absolute Gasteiger partial charge is 0.330 e. The van der Waals surface area contributed by atoms with Crippen LogP contribution in [0.4, 0.5) is 0 Å². The second kappa shape index (κ2) is 28.1. The van der Waals surface area contributed by atoms with Gasteiger partial charge in [0, 0.05) is 31.8 Å². The predicted molar refractivity (Wildman–Crippen MR) is 236 cm³/mol. The number of H-pyrrole nitrogens is 1. The number of nitrogens with one attached hydrogen (secondary N) is 3. The van der Waals surface area contributed by atoms with Crippen LogP contribution < -0.4 is 33.3 Å². The second-order valence-corrected chi connectivity index (χ2v) is 17.3. The number of aromatic nitrogens is 2. The van der Waals surface area contributed by atoms with Crippen molar-refractivity contribution >= 4 is 23.7 Å². The van der Waals surface area contributed by atoms with E-state index in [1.165, 1.54) is 7.11 Å². The van der Waals surface area contributed by atoms with E-state index in [1.807, 2.05) is 6.92 Å². The van der Waals surface area contributed by atoms with Gasteiger partial charge in [0.15, 0.2) is 30.5 Å². The van der Waals surface area contributed by atoms with Gasteiger partial charge in [-0.2, -0.15) is 0 Å². The van der Waals surface area contributed by atoms with Crippen LogP contribution in [-0.4, -0.2) is 118 Å². The third kappa shape index (κ3) is 16.9. The Labute approximate surface area is 380 Å². The van der Waals surface area contributed by atoms with Crippen molar-refractivity contribution in [3.63, 3.8) is 0 Å². The van der Waals surface area contributed by atoms with Crippen molar-refractivity contribution in [1.82, 2.24) is 20.2 Å². The Balaban J connectivity index is 1.55. The van der Waals surface area contributed by atoms with Gasteiger partial charge in [-0.15, -0.1) is 0 Å². The molecular weight excluding hydrogens is 849 g/mol. The lowest BCUT2D eigenvalue weighted by Gasteiger charge is -2.37. The summed E-state index contributed by atoms with van der Waals surface area (Å²) in [5, 5.41) is 28.1. The van der Waals surface area contributed by atoms with Crippen LogP contribution in [-0.2, 0) is 47.6 Å². The number of carbonyl (C=O) groups is 4. The van der Waals surface area contributed by atoms with Crippen LogP contribution in [0.15, 0.2) is 33.7 Å². The first kappa shape index (κ1) is 53.4. The van der Waals surface area contributed by atoms with Crippen molar-refractivity contribution in [2.45, 2.75) is 210 Å². The molecule has 9 N–H and O–H groups in total. The molecule has 1 unspecified atom stereocenters. The lowest BCUT2D eigenvalue weighted by Crippen LogP contribution is -2.55. The average molecular weight is 923 g/mol. The molecule has 0 aromatic carbocycles. The molecule has 1 aromatic rings. The molecule has 0 bridgehead atoms. The van der Waals surface area contributed by atoms with Crippen LogP contribution in [0.25, 0.3) is 0 Å². The molecular formula is C45H74N6O14. The van der Waals surface area contributed by atoms with Crippen molar-refractivity contribution < 1.29 is 57.8 Å². The molecule has 2 saturated heterocycles. The van der Waals surface area contributed by atoms with E-state index in [0.29, 0.717) is 38.6 Å². The van der Waals surface area contributed by atoms with Crippen LogP contribution in [0.1, 0.15) is 148 Å². The molecule has 20 heteroatoms. The van der Waals surface area contributed by atoms with E-state index in [9.17, 15) is 39.0 Å². The maximum atomic E-state index is 13.8. The fraction of sp³-hybridized carbons (Fsp3) is 0.778. The lowest BCUT2D eigenvalue weighted by atomic mass is 10.0. The highest BCUT2D eigenvalue weighted by Crippen LogP contribution is 2.37. The molecule has 0 spiro atoms. The van der Waals surface area contributed by atoms with Crippen LogP contribution in [0.3, 0.4) is 0 Å². The zero-order valence-electron chi connectivity index (χ0n) is 38.3. The van der Waals surface area contributed by atoms with Gasteiger partial charge >= 0.3 is 11.7 Å². The van der Waals surface area contributed by atoms with E-state index in [1.54, 1.807) is 0 Å². The Hall–Kier alpha value is -4.18. The van der Waals surface area contributed by atoms with Crippen molar-refractivity contribution in [3.05, 3.63) is 44.9 Å². The molecule has 0 saturated carbocycles. The van der Waals surface area contributed by atoms with Crippen molar-refractivity contribution in [2.24, 2.45) is 11.5 Å². The number of methoxy groups -OCH3 is 1. The lowest BCUT2D eigenvalue weighted by molar-refractivity contribution is -0.258.